The van der Waals surface area contributed by atoms with Gasteiger partial charge in [-0.3, -0.25) is 9.18 Å². The van der Waals surface area contributed by atoms with E-state index in [4.69, 9.17) is 4.78 Å². The summed E-state index contributed by atoms with van der Waals surface area (Å²) in [5.41, 5.74) is -0.476. The zero-order valence-electron chi connectivity index (χ0n) is 19.1. The Kier molecular flexibility index (Phi) is 5.21. The predicted octanol–water partition coefficient (Wildman–Crippen LogP) is 2.06. The Morgan fingerprint density at radius 2 is 1.97 bits per heavy atom. The largest absolute Gasteiger partial charge is 0.368 e. The number of nitrogens with zero attached hydrogens (tertiary/aromatic N) is 6. The van der Waals surface area contributed by atoms with Crippen molar-refractivity contribution < 1.29 is 17.0 Å². The van der Waals surface area contributed by atoms with Crippen LogP contribution in [0.1, 0.15) is 30.7 Å². The minimum absolute atomic E-state index is 0.0541. The van der Waals surface area contributed by atoms with E-state index >= 15 is 0 Å². The van der Waals surface area contributed by atoms with Gasteiger partial charge in [-0.2, -0.15) is 5.26 Å². The molecule has 1 saturated heterocycles. The van der Waals surface area contributed by atoms with Gasteiger partial charge in [0, 0.05) is 40.5 Å². The molecule has 11 nitrogen and oxygen atoms in total. The van der Waals surface area contributed by atoms with Crippen LogP contribution >= 0.6 is 11.3 Å². The lowest BCUT2D eigenvalue weighted by Crippen LogP contribution is -2.40. The first-order chi connectivity index (χ1) is 17.1. The molecule has 0 amide bonds. The summed E-state index contributed by atoms with van der Waals surface area (Å²) in [6.45, 7) is -0.120. The van der Waals surface area contributed by atoms with Crippen LogP contribution in [0.4, 0.5) is 10.1 Å². The summed E-state index contributed by atoms with van der Waals surface area (Å²) in [5.74, 6) is 0.737. The molecule has 190 valence electrons. The van der Waals surface area contributed by atoms with Gasteiger partial charge in [0.2, 0.25) is 10.0 Å². The van der Waals surface area contributed by atoms with E-state index in [1.807, 2.05) is 4.90 Å². The summed E-state index contributed by atoms with van der Waals surface area (Å²) in [4.78, 5) is 6.36. The van der Waals surface area contributed by atoms with Gasteiger partial charge in [0.1, 0.15) is 22.0 Å². The Bertz CT molecular complexity index is 1620. The molecule has 3 aromatic rings. The van der Waals surface area contributed by atoms with Crippen molar-refractivity contribution in [2.24, 2.45) is 0 Å². The average molecular weight is 551 g/mol. The fourth-order valence-corrected chi connectivity index (χ4v) is 8.07. The highest BCUT2D eigenvalue weighted by atomic mass is 32.2. The van der Waals surface area contributed by atoms with Gasteiger partial charge in [-0.25, -0.2) is 26.7 Å². The molecular weight excluding hydrogens is 527 g/mol. The van der Waals surface area contributed by atoms with Gasteiger partial charge in [-0.15, -0.1) is 10.2 Å². The first-order valence-corrected chi connectivity index (χ1v) is 15.6. The summed E-state index contributed by atoms with van der Waals surface area (Å²) in [6.07, 6.45) is 5.38. The fraction of sp³-hybridized carbons (Fsp3) is 0.524. The first-order valence-electron chi connectivity index (χ1n) is 11.5. The van der Waals surface area contributed by atoms with Crippen molar-refractivity contribution >= 4 is 42.3 Å². The number of pyridine rings is 1. The summed E-state index contributed by atoms with van der Waals surface area (Å²) >= 11 is 1.26. The standard InChI is InChI=1S/C21H23FN8O3S3/c22-12-21(3-4-21)28-36(32,33)14-9-15(29-5-7-35(24,31)8-6-29)16-10-25-17(30(16)11-14)18-26-27-19(34-18)20(13-23)1-2-20/h9-11,24,28H,1-8,12H2. The quantitative estimate of drug-likeness (QED) is 0.453. The highest BCUT2D eigenvalue weighted by Gasteiger charge is 2.49. The van der Waals surface area contributed by atoms with Crippen LogP contribution in [-0.2, 0) is 25.2 Å². The normalized spacial score (nSPS) is 21.8. The Morgan fingerprint density at radius 1 is 1.25 bits per heavy atom. The van der Waals surface area contributed by atoms with Gasteiger partial charge in [0.25, 0.3) is 0 Å². The molecule has 0 radical (unpaired) electrons. The number of fused-ring (bicyclic) bond motifs is 1. The molecule has 0 spiro atoms. The molecular formula is C21H23FN8O3S3. The molecule has 4 heterocycles. The lowest BCUT2D eigenvalue weighted by Gasteiger charge is -2.30. The van der Waals surface area contributed by atoms with Gasteiger partial charge in [-0.05, 0) is 31.7 Å². The summed E-state index contributed by atoms with van der Waals surface area (Å²) < 4.78 is 64.4. The molecule has 3 aromatic heterocycles. The van der Waals surface area contributed by atoms with Crippen LogP contribution < -0.4 is 9.62 Å². The number of rotatable bonds is 7. The number of alkyl halides is 1. The minimum atomic E-state index is -4.07. The molecule has 15 heteroatoms. The summed E-state index contributed by atoms with van der Waals surface area (Å²) in [5, 5.41) is 19.0. The first kappa shape index (κ1) is 23.7. The van der Waals surface area contributed by atoms with Crippen molar-refractivity contribution in [3.8, 4) is 16.9 Å². The number of sulfonamides is 1. The maximum absolute atomic E-state index is 13.5. The van der Waals surface area contributed by atoms with E-state index in [-0.39, 0.29) is 16.4 Å². The highest BCUT2D eigenvalue weighted by Crippen LogP contribution is 2.49. The summed E-state index contributed by atoms with van der Waals surface area (Å²) in [7, 11) is -6.73. The third-order valence-corrected chi connectivity index (χ3v) is 11.4. The van der Waals surface area contributed by atoms with Crippen LogP contribution in [0.15, 0.2) is 23.4 Å². The average Bonchev–Trinajstić information content (AvgIpc) is 3.71. The lowest BCUT2D eigenvalue weighted by atomic mass is 10.1. The number of nitriles is 1. The van der Waals surface area contributed by atoms with Crippen LogP contribution in [0.3, 0.4) is 0 Å². The molecule has 0 bridgehead atoms. The Hall–Kier alpha value is -2.67. The Balaban J connectivity index is 1.47. The van der Waals surface area contributed by atoms with E-state index in [9.17, 15) is 22.3 Å². The smallest absolute Gasteiger partial charge is 0.242 e. The van der Waals surface area contributed by atoms with E-state index < -0.39 is 37.4 Å². The minimum Gasteiger partial charge on any atom is -0.368 e. The van der Waals surface area contributed by atoms with Gasteiger partial charge in [0.05, 0.1) is 29.0 Å². The van der Waals surface area contributed by atoms with E-state index in [2.05, 4.69) is 26.0 Å². The number of hydrogen-bond acceptors (Lipinski definition) is 10. The monoisotopic (exact) mass is 550 g/mol. The highest BCUT2D eigenvalue weighted by molar-refractivity contribution is 7.92. The molecule has 36 heavy (non-hydrogen) atoms. The molecule has 2 saturated carbocycles. The van der Waals surface area contributed by atoms with Gasteiger partial charge < -0.3 is 4.90 Å². The number of imidazole rings is 1. The third-order valence-electron chi connectivity index (χ3n) is 7.08. The second-order valence-corrected chi connectivity index (χ2v) is 14.8. The maximum atomic E-state index is 13.5. The molecule has 1 aliphatic heterocycles. The van der Waals surface area contributed by atoms with Crippen molar-refractivity contribution in [3.05, 3.63) is 23.5 Å². The van der Waals surface area contributed by atoms with Crippen molar-refractivity contribution in [2.75, 3.05) is 36.2 Å². The van der Waals surface area contributed by atoms with E-state index in [0.717, 1.165) is 12.8 Å². The van der Waals surface area contributed by atoms with Crippen molar-refractivity contribution in [2.45, 2.75) is 41.5 Å². The van der Waals surface area contributed by atoms with Crippen molar-refractivity contribution in [1.29, 1.82) is 10.0 Å². The van der Waals surface area contributed by atoms with E-state index in [1.54, 1.807) is 10.6 Å². The second kappa shape index (κ2) is 7.91. The SMILES string of the molecule is N#CC1(c2nnc(-c3ncc4c(N5CCS(=N)(=O)CC5)cc(S(=O)(=O)NC5(CF)CC5)cn34)s2)CC1. The lowest BCUT2D eigenvalue weighted by molar-refractivity contribution is 0.393. The predicted molar refractivity (Wildman–Crippen MR) is 132 cm³/mol. The maximum Gasteiger partial charge on any atom is 0.242 e. The van der Waals surface area contributed by atoms with E-state index in [0.29, 0.717) is 53.0 Å². The molecule has 2 N–H and O–H groups in total. The molecule has 0 atom stereocenters. The van der Waals surface area contributed by atoms with Crippen molar-refractivity contribution in [3.63, 3.8) is 0 Å². The third kappa shape index (κ3) is 3.96. The van der Waals surface area contributed by atoms with Crippen LogP contribution in [0.2, 0.25) is 0 Å². The molecule has 0 aromatic carbocycles. The zero-order valence-corrected chi connectivity index (χ0v) is 21.6. The van der Waals surface area contributed by atoms with Crippen LogP contribution in [0.5, 0.6) is 0 Å². The van der Waals surface area contributed by atoms with Gasteiger partial charge in [-0.1, -0.05) is 11.3 Å². The second-order valence-electron chi connectivity index (χ2n) is 9.73. The van der Waals surface area contributed by atoms with E-state index in [1.165, 1.54) is 23.6 Å². The zero-order chi connectivity index (χ0) is 25.3. The van der Waals surface area contributed by atoms with Crippen molar-refractivity contribution in [1.82, 2.24) is 24.3 Å². The molecule has 3 fully saturated rings. The topological polar surface area (TPSA) is 157 Å². The number of aromatic nitrogens is 4. The number of anilines is 1. The Labute approximate surface area is 211 Å². The fourth-order valence-electron chi connectivity index (χ4n) is 4.35. The molecule has 2 aliphatic carbocycles. The van der Waals surface area contributed by atoms with Gasteiger partial charge >= 0.3 is 0 Å². The number of nitrogens with one attached hydrogen (secondary N) is 2. The number of halogens is 1. The Morgan fingerprint density at radius 3 is 2.58 bits per heavy atom. The summed E-state index contributed by atoms with van der Waals surface area (Å²) in [6, 6.07) is 3.83. The molecule has 6 rings (SSSR count). The molecule has 3 aliphatic rings. The molecule has 0 unspecified atom stereocenters. The van der Waals surface area contributed by atoms with Crippen LogP contribution in [-0.4, -0.2) is 69.0 Å². The van der Waals surface area contributed by atoms with Gasteiger partial charge in [0.15, 0.2) is 10.8 Å². The van der Waals surface area contributed by atoms with Crippen LogP contribution in [0.25, 0.3) is 16.3 Å². The van der Waals surface area contributed by atoms with Crippen LogP contribution in [0, 0.1) is 16.1 Å². The number of hydrogen-bond donors (Lipinski definition) is 2.